The van der Waals surface area contributed by atoms with Crippen molar-refractivity contribution < 1.29 is 5.11 Å². The molecule has 0 aliphatic carbocycles. The maximum Gasteiger partial charge on any atom is 0.115 e. The largest absolute Gasteiger partial charge is 0.508 e. The molecule has 12 heavy (non-hydrogen) atoms. The van der Waals surface area contributed by atoms with Crippen molar-refractivity contribution in [1.82, 2.24) is 0 Å². The molecule has 0 spiro atoms. The highest BCUT2D eigenvalue weighted by Gasteiger charge is 1.97. The highest BCUT2D eigenvalue weighted by molar-refractivity contribution is 6.20. The maximum absolute atomic E-state index is 9.01. The number of phenols is 1. The standard InChI is InChI=1S/C10H13ClO/c1-8(11)2-3-9-4-6-10(12)7-5-9/h4-8,12H,2-3H2,1H3. The molecular formula is C10H13ClO. The first-order chi connectivity index (χ1) is 5.68. The van der Waals surface area contributed by atoms with Crippen LogP contribution in [0.3, 0.4) is 0 Å². The van der Waals surface area contributed by atoms with Crippen LogP contribution in [0.1, 0.15) is 18.9 Å². The first-order valence-corrected chi connectivity index (χ1v) is 4.54. The summed E-state index contributed by atoms with van der Waals surface area (Å²) in [5, 5.41) is 9.23. The van der Waals surface area contributed by atoms with Crippen LogP contribution in [0.25, 0.3) is 0 Å². The van der Waals surface area contributed by atoms with Crippen LogP contribution in [0.5, 0.6) is 5.75 Å². The molecule has 2 heteroatoms. The molecule has 0 saturated heterocycles. The van der Waals surface area contributed by atoms with Crippen LogP contribution in [0.2, 0.25) is 0 Å². The highest BCUT2D eigenvalue weighted by atomic mass is 35.5. The van der Waals surface area contributed by atoms with Crippen LogP contribution in [0, 0.1) is 0 Å². The maximum atomic E-state index is 9.01. The zero-order valence-electron chi connectivity index (χ0n) is 7.13. The number of hydrogen-bond donors (Lipinski definition) is 1. The quantitative estimate of drug-likeness (QED) is 0.717. The molecule has 0 aliphatic heterocycles. The van der Waals surface area contributed by atoms with Gasteiger partial charge in [-0.25, -0.2) is 0 Å². The average Bonchev–Trinajstić information content (AvgIpc) is 2.03. The topological polar surface area (TPSA) is 20.2 Å². The molecule has 0 radical (unpaired) electrons. The number of phenolic OH excluding ortho intramolecular Hbond substituents is 1. The smallest absolute Gasteiger partial charge is 0.115 e. The van der Waals surface area contributed by atoms with E-state index in [2.05, 4.69) is 0 Å². The van der Waals surface area contributed by atoms with Crippen molar-refractivity contribution in [2.75, 3.05) is 0 Å². The van der Waals surface area contributed by atoms with Gasteiger partial charge in [0.05, 0.1) is 0 Å². The first kappa shape index (κ1) is 9.40. The van der Waals surface area contributed by atoms with Crippen molar-refractivity contribution in [3.05, 3.63) is 29.8 Å². The van der Waals surface area contributed by atoms with Gasteiger partial charge in [-0.2, -0.15) is 0 Å². The Morgan fingerprint density at radius 3 is 2.42 bits per heavy atom. The molecule has 1 atom stereocenters. The second-order valence-corrected chi connectivity index (χ2v) is 3.73. The molecule has 1 aromatic rings. The lowest BCUT2D eigenvalue weighted by molar-refractivity contribution is 0.475. The third kappa shape index (κ3) is 3.14. The Morgan fingerprint density at radius 1 is 1.33 bits per heavy atom. The summed E-state index contributed by atoms with van der Waals surface area (Å²) < 4.78 is 0. The van der Waals surface area contributed by atoms with Crippen molar-refractivity contribution in [1.29, 1.82) is 0 Å². The molecule has 0 fully saturated rings. The molecule has 0 aliphatic rings. The summed E-state index contributed by atoms with van der Waals surface area (Å²) in [6, 6.07) is 7.26. The van der Waals surface area contributed by atoms with E-state index in [1.165, 1.54) is 5.56 Å². The fourth-order valence-electron chi connectivity index (χ4n) is 1.03. The van der Waals surface area contributed by atoms with E-state index in [1.54, 1.807) is 12.1 Å². The number of hydrogen-bond acceptors (Lipinski definition) is 1. The zero-order valence-corrected chi connectivity index (χ0v) is 7.88. The third-order valence-electron chi connectivity index (χ3n) is 1.77. The fraction of sp³-hybridized carbons (Fsp3) is 0.400. The molecule has 66 valence electrons. The summed E-state index contributed by atoms with van der Waals surface area (Å²) in [6.07, 6.45) is 1.96. The molecular weight excluding hydrogens is 172 g/mol. The van der Waals surface area contributed by atoms with Crippen molar-refractivity contribution in [2.24, 2.45) is 0 Å². The normalized spacial score (nSPS) is 12.8. The number of benzene rings is 1. The molecule has 1 unspecified atom stereocenters. The molecule has 1 N–H and O–H groups in total. The summed E-state index contributed by atoms with van der Waals surface area (Å²) in [5.41, 5.74) is 1.22. The van der Waals surface area contributed by atoms with E-state index < -0.39 is 0 Å². The number of halogens is 1. The predicted molar refractivity (Wildman–Crippen MR) is 51.7 cm³/mol. The minimum absolute atomic E-state index is 0.221. The summed E-state index contributed by atoms with van der Waals surface area (Å²) in [4.78, 5) is 0. The Bertz CT molecular complexity index is 228. The van der Waals surface area contributed by atoms with Gasteiger partial charge in [-0.05, 0) is 37.5 Å². The van der Waals surface area contributed by atoms with E-state index in [0.29, 0.717) is 5.75 Å². The van der Waals surface area contributed by atoms with Gasteiger partial charge < -0.3 is 5.11 Å². The number of aromatic hydroxyl groups is 1. The third-order valence-corrected chi connectivity index (χ3v) is 1.99. The van der Waals surface area contributed by atoms with E-state index in [0.717, 1.165) is 12.8 Å². The lowest BCUT2D eigenvalue weighted by Gasteiger charge is -2.02. The van der Waals surface area contributed by atoms with Gasteiger partial charge in [-0.15, -0.1) is 11.6 Å². The minimum atomic E-state index is 0.221. The summed E-state index contributed by atoms with van der Waals surface area (Å²) in [7, 11) is 0. The van der Waals surface area contributed by atoms with E-state index in [1.807, 2.05) is 19.1 Å². The zero-order chi connectivity index (χ0) is 8.97. The Balaban J connectivity index is 2.48. The Morgan fingerprint density at radius 2 is 1.92 bits per heavy atom. The molecule has 1 rings (SSSR count). The average molecular weight is 185 g/mol. The van der Waals surface area contributed by atoms with Crippen molar-refractivity contribution in [3.8, 4) is 5.75 Å². The first-order valence-electron chi connectivity index (χ1n) is 4.10. The predicted octanol–water partition coefficient (Wildman–Crippen LogP) is 2.95. The van der Waals surface area contributed by atoms with Crippen LogP contribution in [0.4, 0.5) is 0 Å². The van der Waals surface area contributed by atoms with Gasteiger partial charge in [0, 0.05) is 5.38 Å². The van der Waals surface area contributed by atoms with Crippen molar-refractivity contribution >= 4 is 11.6 Å². The summed E-state index contributed by atoms with van der Waals surface area (Å²) in [5.74, 6) is 0.317. The van der Waals surface area contributed by atoms with Crippen molar-refractivity contribution in [2.45, 2.75) is 25.1 Å². The van der Waals surface area contributed by atoms with Gasteiger partial charge in [0.25, 0.3) is 0 Å². The van der Waals surface area contributed by atoms with Crippen LogP contribution in [0.15, 0.2) is 24.3 Å². The van der Waals surface area contributed by atoms with Gasteiger partial charge >= 0.3 is 0 Å². The lowest BCUT2D eigenvalue weighted by atomic mass is 10.1. The van der Waals surface area contributed by atoms with Crippen LogP contribution >= 0.6 is 11.6 Å². The molecule has 0 bridgehead atoms. The van der Waals surface area contributed by atoms with Crippen LogP contribution in [-0.2, 0) is 6.42 Å². The van der Waals surface area contributed by atoms with Gasteiger partial charge in [0.2, 0.25) is 0 Å². The molecule has 0 amide bonds. The minimum Gasteiger partial charge on any atom is -0.508 e. The monoisotopic (exact) mass is 184 g/mol. The van der Waals surface area contributed by atoms with Crippen LogP contribution < -0.4 is 0 Å². The Hall–Kier alpha value is -0.690. The summed E-state index contributed by atoms with van der Waals surface area (Å²) in [6.45, 7) is 1.99. The number of aryl methyl sites for hydroxylation is 1. The van der Waals surface area contributed by atoms with E-state index in [4.69, 9.17) is 16.7 Å². The van der Waals surface area contributed by atoms with Crippen LogP contribution in [-0.4, -0.2) is 10.5 Å². The highest BCUT2D eigenvalue weighted by Crippen LogP contribution is 2.13. The van der Waals surface area contributed by atoms with E-state index >= 15 is 0 Å². The Labute approximate surface area is 78.0 Å². The number of alkyl halides is 1. The molecule has 0 aromatic heterocycles. The second kappa shape index (κ2) is 4.36. The summed E-state index contributed by atoms with van der Waals surface area (Å²) >= 11 is 5.81. The van der Waals surface area contributed by atoms with Gasteiger partial charge in [0.1, 0.15) is 5.75 Å². The SMILES string of the molecule is CC(Cl)CCc1ccc(O)cc1. The molecule has 0 saturated carbocycles. The fourth-order valence-corrected chi connectivity index (χ4v) is 1.14. The van der Waals surface area contributed by atoms with Gasteiger partial charge in [-0.3, -0.25) is 0 Å². The molecule has 0 heterocycles. The second-order valence-electron chi connectivity index (χ2n) is 2.99. The van der Waals surface area contributed by atoms with E-state index in [9.17, 15) is 0 Å². The van der Waals surface area contributed by atoms with Gasteiger partial charge in [-0.1, -0.05) is 12.1 Å². The van der Waals surface area contributed by atoms with E-state index in [-0.39, 0.29) is 5.38 Å². The molecule has 1 aromatic carbocycles. The van der Waals surface area contributed by atoms with Crippen molar-refractivity contribution in [3.63, 3.8) is 0 Å². The lowest BCUT2D eigenvalue weighted by Crippen LogP contribution is -1.93. The number of rotatable bonds is 3. The Kier molecular flexibility index (Phi) is 3.42. The molecule has 1 nitrogen and oxygen atoms in total. The van der Waals surface area contributed by atoms with Gasteiger partial charge in [0.15, 0.2) is 0 Å².